The number of carbonyl (C=O) groups excluding carboxylic acids is 1. The molecule has 5 rings (SSSR count). The summed E-state index contributed by atoms with van der Waals surface area (Å²) in [6, 6.07) is 17.0. The minimum atomic E-state index is -4.01. The Morgan fingerprint density at radius 1 is 1.05 bits per heavy atom. The van der Waals surface area contributed by atoms with Crippen LogP contribution in [0, 0.1) is 5.92 Å². The molecule has 3 N–H and O–H groups in total. The van der Waals surface area contributed by atoms with E-state index in [1.165, 1.54) is 0 Å². The van der Waals surface area contributed by atoms with Crippen molar-refractivity contribution in [3.63, 3.8) is 0 Å². The Balaban J connectivity index is 0.00000353. The summed E-state index contributed by atoms with van der Waals surface area (Å²) in [4.78, 5) is 19.7. The van der Waals surface area contributed by atoms with Gasteiger partial charge in [-0.15, -0.1) is 12.4 Å². The van der Waals surface area contributed by atoms with Crippen molar-refractivity contribution in [1.29, 1.82) is 0 Å². The highest BCUT2D eigenvalue weighted by atomic mass is 35.5. The molecular formula is C29H33ClN4O4S. The molecule has 0 saturated carbocycles. The van der Waals surface area contributed by atoms with Gasteiger partial charge in [-0.05, 0) is 83.3 Å². The molecule has 39 heavy (non-hydrogen) atoms. The summed E-state index contributed by atoms with van der Waals surface area (Å²) < 4.78 is 35.2. The molecular weight excluding hydrogens is 536 g/mol. The van der Waals surface area contributed by atoms with E-state index in [1.807, 2.05) is 36.4 Å². The minimum Gasteiger partial charge on any atom is -0.497 e. The van der Waals surface area contributed by atoms with Crippen molar-refractivity contribution >= 4 is 55.7 Å². The van der Waals surface area contributed by atoms with Crippen LogP contribution in [0.15, 0.2) is 71.8 Å². The number of nitrogens with one attached hydrogen (secondary N) is 1. The van der Waals surface area contributed by atoms with Crippen LogP contribution >= 0.6 is 12.4 Å². The van der Waals surface area contributed by atoms with Crippen molar-refractivity contribution in [1.82, 2.24) is 14.6 Å². The van der Waals surface area contributed by atoms with Gasteiger partial charge in [0.25, 0.3) is 0 Å². The molecule has 206 valence electrons. The van der Waals surface area contributed by atoms with Gasteiger partial charge in [0.15, 0.2) is 0 Å². The van der Waals surface area contributed by atoms with E-state index in [9.17, 15) is 13.2 Å². The smallest absolute Gasteiger partial charge is 0.241 e. The van der Waals surface area contributed by atoms with Gasteiger partial charge in [-0.2, -0.15) is 4.72 Å². The third-order valence-corrected chi connectivity index (χ3v) is 8.79. The molecule has 1 aliphatic heterocycles. The maximum Gasteiger partial charge on any atom is 0.241 e. The topological polar surface area (TPSA) is 115 Å². The highest BCUT2D eigenvalue weighted by molar-refractivity contribution is 7.89. The Labute approximate surface area is 235 Å². The number of aromatic nitrogens is 1. The number of piperidine rings is 1. The molecule has 1 aliphatic rings. The van der Waals surface area contributed by atoms with E-state index in [1.54, 1.807) is 42.5 Å². The molecule has 0 aliphatic carbocycles. The third-order valence-electron chi connectivity index (χ3n) is 7.32. The average Bonchev–Trinajstić information content (AvgIpc) is 2.92. The van der Waals surface area contributed by atoms with Gasteiger partial charge in [-0.3, -0.25) is 4.79 Å². The fourth-order valence-electron chi connectivity index (χ4n) is 4.98. The number of nitrogen functional groups attached to an aromatic ring is 1. The number of fused-ring (bicyclic) bond motifs is 2. The second-order valence-electron chi connectivity index (χ2n) is 10.0. The summed E-state index contributed by atoms with van der Waals surface area (Å²) in [7, 11) is -2.44. The number of anilines is 1. The van der Waals surface area contributed by atoms with Crippen LogP contribution in [-0.2, 0) is 21.2 Å². The molecule has 1 unspecified atom stereocenters. The predicted octanol–water partition coefficient (Wildman–Crippen LogP) is 4.55. The molecule has 0 radical (unpaired) electrons. The van der Waals surface area contributed by atoms with Crippen LogP contribution in [0.3, 0.4) is 0 Å². The van der Waals surface area contributed by atoms with Crippen LogP contribution in [0.2, 0.25) is 0 Å². The lowest BCUT2D eigenvalue weighted by Gasteiger charge is -2.33. The van der Waals surface area contributed by atoms with Crippen LogP contribution in [0.25, 0.3) is 21.5 Å². The summed E-state index contributed by atoms with van der Waals surface area (Å²) in [6.45, 7) is 3.40. The fraction of sp³-hybridized carbons (Fsp3) is 0.310. The Bertz CT molecular complexity index is 1600. The zero-order valence-corrected chi connectivity index (χ0v) is 23.6. The number of halogens is 1. The van der Waals surface area contributed by atoms with Crippen molar-refractivity contribution in [2.75, 3.05) is 25.9 Å². The van der Waals surface area contributed by atoms with E-state index in [2.05, 4.69) is 16.6 Å². The molecule has 0 bridgehead atoms. The quantitative estimate of drug-likeness (QED) is 0.338. The number of likely N-dealkylation sites (tertiary alicyclic amines) is 1. The average molecular weight is 569 g/mol. The second-order valence-corrected chi connectivity index (χ2v) is 11.7. The Hall–Kier alpha value is -3.40. The van der Waals surface area contributed by atoms with Gasteiger partial charge in [0, 0.05) is 24.7 Å². The first-order chi connectivity index (χ1) is 18.2. The van der Waals surface area contributed by atoms with Gasteiger partial charge in [0.2, 0.25) is 15.9 Å². The van der Waals surface area contributed by atoms with E-state index < -0.39 is 16.1 Å². The fourth-order valence-corrected chi connectivity index (χ4v) is 6.21. The number of nitrogens with two attached hydrogens (primary N) is 1. The minimum absolute atomic E-state index is 0. The molecule has 1 amide bonds. The molecule has 1 saturated heterocycles. The number of hydrogen-bond acceptors (Lipinski definition) is 6. The molecule has 10 heteroatoms. The summed E-state index contributed by atoms with van der Waals surface area (Å²) in [6.07, 6.45) is 3.63. The number of amides is 1. The number of methoxy groups -OCH3 is 1. The summed E-state index contributed by atoms with van der Waals surface area (Å²) in [5.74, 6) is 1.35. The maximum absolute atomic E-state index is 13.7. The molecule has 3 aromatic carbocycles. The van der Waals surface area contributed by atoms with Gasteiger partial charge in [0.05, 0.1) is 12.0 Å². The molecule has 1 fully saturated rings. The monoisotopic (exact) mass is 568 g/mol. The molecule has 1 aromatic heterocycles. The summed E-state index contributed by atoms with van der Waals surface area (Å²) >= 11 is 0. The summed E-state index contributed by atoms with van der Waals surface area (Å²) in [5.41, 5.74) is 6.88. The lowest BCUT2D eigenvalue weighted by atomic mass is 9.97. The van der Waals surface area contributed by atoms with Crippen LogP contribution < -0.4 is 15.2 Å². The van der Waals surface area contributed by atoms with Crippen LogP contribution in [0.5, 0.6) is 5.75 Å². The van der Waals surface area contributed by atoms with E-state index in [-0.39, 0.29) is 29.6 Å². The molecule has 4 aromatic rings. The van der Waals surface area contributed by atoms with Crippen LogP contribution in [0.4, 0.5) is 5.82 Å². The molecule has 8 nitrogen and oxygen atoms in total. The molecule has 0 spiro atoms. The number of pyridine rings is 1. The number of hydrogen-bond donors (Lipinski definition) is 2. The van der Waals surface area contributed by atoms with Gasteiger partial charge >= 0.3 is 0 Å². The normalized spacial score (nSPS) is 15.2. The summed E-state index contributed by atoms with van der Waals surface area (Å²) in [5, 5.41) is 3.33. The Morgan fingerprint density at radius 2 is 1.77 bits per heavy atom. The highest BCUT2D eigenvalue weighted by Crippen LogP contribution is 2.26. The lowest BCUT2D eigenvalue weighted by molar-refractivity contribution is -0.134. The zero-order chi connectivity index (χ0) is 26.9. The van der Waals surface area contributed by atoms with E-state index >= 15 is 0 Å². The van der Waals surface area contributed by atoms with Crippen molar-refractivity contribution in [3.05, 3.63) is 72.4 Å². The zero-order valence-electron chi connectivity index (χ0n) is 22.0. The lowest BCUT2D eigenvalue weighted by Crippen LogP contribution is -2.51. The highest BCUT2D eigenvalue weighted by Gasteiger charge is 2.31. The number of sulfonamides is 1. The first-order valence-electron chi connectivity index (χ1n) is 12.8. The molecule has 2 heterocycles. The number of carbonyl (C=O) groups is 1. The Morgan fingerprint density at radius 3 is 2.51 bits per heavy atom. The van der Waals surface area contributed by atoms with E-state index in [4.69, 9.17) is 10.5 Å². The maximum atomic E-state index is 13.7. The van der Waals surface area contributed by atoms with Gasteiger partial charge in [-0.25, -0.2) is 13.4 Å². The van der Waals surface area contributed by atoms with E-state index in [0.29, 0.717) is 30.6 Å². The first-order valence-corrected chi connectivity index (χ1v) is 14.2. The number of ether oxygens (including phenoxy) is 1. The number of rotatable bonds is 7. The standard InChI is InChI=1S/C29H32N4O4S.ClH/c1-19-10-13-33(14-11-19)29(34)27(16-20-3-4-22-9-12-31-28(30)26(22)15-20)32-38(35,36)25-8-6-21-5-7-24(37-2)17-23(21)18-25;/h3-9,12,15,17-19,27,32H,10-11,13-14,16H2,1-2H3,(H2,30,31);1H. The van der Waals surface area contributed by atoms with Crippen LogP contribution in [0.1, 0.15) is 25.3 Å². The van der Waals surface area contributed by atoms with Gasteiger partial charge < -0.3 is 15.4 Å². The van der Waals surface area contributed by atoms with Crippen molar-refractivity contribution in [2.24, 2.45) is 5.92 Å². The first kappa shape index (κ1) is 28.6. The number of nitrogens with zero attached hydrogens (tertiary/aromatic N) is 2. The molecule has 1 atom stereocenters. The largest absolute Gasteiger partial charge is 0.497 e. The van der Waals surface area contributed by atoms with Gasteiger partial charge in [-0.1, -0.05) is 31.2 Å². The van der Waals surface area contributed by atoms with Crippen molar-refractivity contribution in [3.8, 4) is 5.75 Å². The van der Waals surface area contributed by atoms with E-state index in [0.717, 1.165) is 39.9 Å². The van der Waals surface area contributed by atoms with Crippen molar-refractivity contribution < 1.29 is 17.9 Å². The van der Waals surface area contributed by atoms with Gasteiger partial charge in [0.1, 0.15) is 17.6 Å². The third kappa shape index (κ3) is 6.27. The number of benzene rings is 3. The van der Waals surface area contributed by atoms with Crippen LogP contribution in [-0.4, -0.2) is 50.5 Å². The SMILES string of the molecule is COc1ccc2ccc(S(=O)(=O)NC(Cc3ccc4ccnc(N)c4c3)C(=O)N3CCC(C)CC3)cc2c1.Cl. The Kier molecular flexibility index (Phi) is 8.64. The second kappa shape index (κ2) is 11.8. The van der Waals surface area contributed by atoms with Crippen molar-refractivity contribution in [2.45, 2.75) is 37.1 Å². The predicted molar refractivity (Wildman–Crippen MR) is 157 cm³/mol.